The summed E-state index contributed by atoms with van der Waals surface area (Å²) >= 11 is 0. The lowest BCUT2D eigenvalue weighted by Gasteiger charge is -2.02. The van der Waals surface area contributed by atoms with E-state index < -0.39 is 5.56 Å². The molecule has 1 N–H and O–H groups in total. The molecule has 0 saturated carbocycles. The average molecular weight is 487 g/mol. The van der Waals surface area contributed by atoms with E-state index in [1.54, 1.807) is 17.9 Å². The van der Waals surface area contributed by atoms with Crippen LogP contribution in [0.25, 0.3) is 33.6 Å². The first-order valence-corrected chi connectivity index (χ1v) is 11.7. The van der Waals surface area contributed by atoms with Crippen LogP contribution in [0.3, 0.4) is 0 Å². The number of hydrogen-bond acceptors (Lipinski definition) is 7. The first-order chi connectivity index (χ1) is 18.1. The van der Waals surface area contributed by atoms with Crippen molar-refractivity contribution in [2.24, 2.45) is 5.10 Å². The SMILES string of the molecule is Cc1cccc(N/N=c2/c(C)nn3cnc4c(c(-c5ccccc5)nn4-c4ccccc4)c3nc2=O)c1. The van der Waals surface area contributed by atoms with Gasteiger partial charge in [0.1, 0.15) is 12.0 Å². The van der Waals surface area contributed by atoms with Crippen LogP contribution in [0.15, 0.2) is 101 Å². The largest absolute Gasteiger partial charge is 0.301 e. The third-order valence-electron chi connectivity index (χ3n) is 5.96. The molecule has 0 fully saturated rings. The molecule has 180 valence electrons. The molecule has 0 aliphatic rings. The molecule has 3 aromatic heterocycles. The van der Waals surface area contributed by atoms with Gasteiger partial charge in [-0.2, -0.15) is 20.3 Å². The van der Waals surface area contributed by atoms with Gasteiger partial charge in [0.25, 0.3) is 0 Å². The molecule has 6 aromatic rings. The van der Waals surface area contributed by atoms with Gasteiger partial charge >= 0.3 is 5.56 Å². The molecule has 3 heterocycles. The summed E-state index contributed by atoms with van der Waals surface area (Å²) in [6.07, 6.45) is 1.55. The van der Waals surface area contributed by atoms with Gasteiger partial charge in [-0.1, -0.05) is 60.7 Å². The lowest BCUT2D eigenvalue weighted by Crippen LogP contribution is -2.29. The van der Waals surface area contributed by atoms with Gasteiger partial charge in [-0.05, 0) is 43.7 Å². The fourth-order valence-corrected chi connectivity index (χ4v) is 4.22. The highest BCUT2D eigenvalue weighted by Crippen LogP contribution is 2.30. The molecule has 0 amide bonds. The zero-order valence-electron chi connectivity index (χ0n) is 20.2. The number of nitrogens with zero attached hydrogens (tertiary/aromatic N) is 7. The van der Waals surface area contributed by atoms with Gasteiger partial charge in [0.15, 0.2) is 16.7 Å². The highest BCUT2D eigenvalue weighted by atomic mass is 16.1. The predicted octanol–water partition coefficient (Wildman–Crippen LogP) is 4.04. The van der Waals surface area contributed by atoms with Crippen LogP contribution in [-0.2, 0) is 0 Å². The predicted molar refractivity (Wildman–Crippen MR) is 142 cm³/mol. The third-order valence-corrected chi connectivity index (χ3v) is 5.96. The van der Waals surface area contributed by atoms with E-state index in [0.717, 1.165) is 22.5 Å². The van der Waals surface area contributed by atoms with Gasteiger partial charge in [-0.25, -0.2) is 14.2 Å². The summed E-state index contributed by atoms with van der Waals surface area (Å²) in [5.74, 6) is 0. The number of anilines is 1. The summed E-state index contributed by atoms with van der Waals surface area (Å²) in [5.41, 5.74) is 7.99. The maximum absolute atomic E-state index is 13.4. The molecule has 0 aliphatic heterocycles. The van der Waals surface area contributed by atoms with Crippen LogP contribution in [0.5, 0.6) is 0 Å². The smallest absolute Gasteiger partial charge is 0.278 e. The normalized spacial score (nSPS) is 11.8. The van der Waals surface area contributed by atoms with E-state index in [2.05, 4.69) is 25.6 Å². The molecule has 0 unspecified atom stereocenters. The van der Waals surface area contributed by atoms with Crippen molar-refractivity contribution in [2.75, 3.05) is 5.43 Å². The number of hydrogen-bond donors (Lipinski definition) is 1. The number of nitrogens with one attached hydrogen (secondary N) is 1. The second-order valence-electron chi connectivity index (χ2n) is 8.62. The number of aryl methyl sites for hydroxylation is 2. The summed E-state index contributed by atoms with van der Waals surface area (Å²) < 4.78 is 3.27. The second-order valence-corrected chi connectivity index (χ2v) is 8.62. The topological polar surface area (TPSA) is 102 Å². The minimum absolute atomic E-state index is 0.120. The molecule has 0 aliphatic carbocycles. The molecule has 0 atom stereocenters. The molecular formula is C28H22N8O. The number of aromatic nitrogens is 6. The molecule has 9 nitrogen and oxygen atoms in total. The Morgan fingerprint density at radius 3 is 2.35 bits per heavy atom. The van der Waals surface area contributed by atoms with E-state index in [9.17, 15) is 4.79 Å². The first-order valence-electron chi connectivity index (χ1n) is 11.7. The molecule has 0 saturated heterocycles. The Labute approximate surface area is 211 Å². The lowest BCUT2D eigenvalue weighted by molar-refractivity contribution is 0.857. The first kappa shape index (κ1) is 22.3. The van der Waals surface area contributed by atoms with Crippen LogP contribution in [0.1, 0.15) is 11.3 Å². The van der Waals surface area contributed by atoms with Crippen molar-refractivity contribution < 1.29 is 0 Å². The fraction of sp³-hybridized carbons (Fsp3) is 0.0714. The third kappa shape index (κ3) is 4.12. The molecule has 37 heavy (non-hydrogen) atoms. The van der Waals surface area contributed by atoms with E-state index in [1.165, 1.54) is 4.52 Å². The summed E-state index contributed by atoms with van der Waals surface area (Å²) in [6.45, 7) is 3.71. The van der Waals surface area contributed by atoms with Crippen molar-refractivity contribution in [3.8, 4) is 16.9 Å². The Morgan fingerprint density at radius 1 is 0.838 bits per heavy atom. The number of benzene rings is 3. The Morgan fingerprint density at radius 2 is 1.59 bits per heavy atom. The van der Waals surface area contributed by atoms with Crippen molar-refractivity contribution in [1.29, 1.82) is 0 Å². The Balaban J connectivity index is 1.64. The van der Waals surface area contributed by atoms with Crippen LogP contribution in [0, 0.1) is 13.8 Å². The van der Waals surface area contributed by atoms with Gasteiger partial charge < -0.3 is 0 Å². The second kappa shape index (κ2) is 9.12. The molecule has 9 heteroatoms. The standard InChI is InChI=1S/C28H22N8O/c1-18-10-9-13-21(16-18)31-32-24-19(2)33-35-17-29-26-23(27(35)30-28(24)37)25(20-11-5-3-6-12-20)34-36(26)22-14-7-4-8-15-22/h3-17,31H,1-2H3/b32-24-. The van der Waals surface area contributed by atoms with Gasteiger partial charge in [0.05, 0.1) is 22.5 Å². The summed E-state index contributed by atoms with van der Waals surface area (Å²) in [7, 11) is 0. The summed E-state index contributed by atoms with van der Waals surface area (Å²) in [6, 6.07) is 27.2. The summed E-state index contributed by atoms with van der Waals surface area (Å²) in [5, 5.41) is 14.6. The quantitative estimate of drug-likeness (QED) is 0.378. The van der Waals surface area contributed by atoms with Gasteiger partial charge in [0.2, 0.25) is 0 Å². The van der Waals surface area contributed by atoms with E-state index in [-0.39, 0.29) is 5.36 Å². The van der Waals surface area contributed by atoms with Crippen LogP contribution < -0.4 is 16.3 Å². The Bertz CT molecular complexity index is 1890. The molecule has 0 radical (unpaired) electrons. The van der Waals surface area contributed by atoms with Crippen LogP contribution in [0.2, 0.25) is 0 Å². The Kier molecular flexibility index (Phi) is 5.49. The van der Waals surface area contributed by atoms with Gasteiger partial charge in [0, 0.05) is 5.56 Å². The molecule has 6 rings (SSSR count). The van der Waals surface area contributed by atoms with Crippen LogP contribution >= 0.6 is 0 Å². The van der Waals surface area contributed by atoms with Gasteiger partial charge in [-0.15, -0.1) is 0 Å². The maximum Gasteiger partial charge on any atom is 0.301 e. The Hall–Kier alpha value is -5.18. The zero-order valence-corrected chi connectivity index (χ0v) is 20.2. The fourth-order valence-electron chi connectivity index (χ4n) is 4.22. The van der Waals surface area contributed by atoms with E-state index in [1.807, 2.05) is 91.9 Å². The van der Waals surface area contributed by atoms with Crippen molar-refractivity contribution in [3.63, 3.8) is 0 Å². The van der Waals surface area contributed by atoms with Gasteiger partial charge in [-0.3, -0.25) is 10.2 Å². The maximum atomic E-state index is 13.4. The molecular weight excluding hydrogens is 464 g/mol. The minimum Gasteiger partial charge on any atom is -0.278 e. The average Bonchev–Trinajstić information content (AvgIpc) is 3.25. The zero-order chi connectivity index (χ0) is 25.4. The number of fused-ring (bicyclic) bond motifs is 3. The number of para-hydroxylation sites is 1. The van der Waals surface area contributed by atoms with E-state index >= 15 is 0 Å². The monoisotopic (exact) mass is 486 g/mol. The van der Waals surface area contributed by atoms with Crippen molar-refractivity contribution >= 4 is 22.4 Å². The van der Waals surface area contributed by atoms with Crippen molar-refractivity contribution in [3.05, 3.63) is 118 Å². The summed E-state index contributed by atoms with van der Waals surface area (Å²) in [4.78, 5) is 22.5. The highest BCUT2D eigenvalue weighted by Gasteiger charge is 2.19. The highest BCUT2D eigenvalue weighted by molar-refractivity contribution is 6.01. The molecule has 3 aromatic carbocycles. The van der Waals surface area contributed by atoms with Crippen molar-refractivity contribution in [1.82, 2.24) is 29.4 Å². The van der Waals surface area contributed by atoms with Crippen LogP contribution in [-0.4, -0.2) is 29.4 Å². The minimum atomic E-state index is -0.508. The molecule has 0 bridgehead atoms. The van der Waals surface area contributed by atoms with Crippen LogP contribution in [0.4, 0.5) is 5.69 Å². The van der Waals surface area contributed by atoms with E-state index in [0.29, 0.717) is 28.1 Å². The van der Waals surface area contributed by atoms with Crippen molar-refractivity contribution in [2.45, 2.75) is 13.8 Å². The molecule has 0 spiro atoms. The van der Waals surface area contributed by atoms with E-state index in [4.69, 9.17) is 5.10 Å². The lowest BCUT2D eigenvalue weighted by atomic mass is 10.1. The number of rotatable bonds is 4.